The van der Waals surface area contributed by atoms with Gasteiger partial charge in [0.25, 0.3) is 0 Å². The third kappa shape index (κ3) is 2.82. The van der Waals surface area contributed by atoms with Crippen LogP contribution < -0.4 is 5.32 Å². The van der Waals surface area contributed by atoms with Crippen molar-refractivity contribution < 1.29 is 4.79 Å². The van der Waals surface area contributed by atoms with E-state index >= 15 is 0 Å². The van der Waals surface area contributed by atoms with Crippen LogP contribution in [0.3, 0.4) is 0 Å². The molecular weight excluding hydrogens is 212 g/mol. The van der Waals surface area contributed by atoms with Crippen molar-refractivity contribution in [2.75, 3.05) is 6.67 Å². The maximum Gasteiger partial charge on any atom is 0.241 e. The van der Waals surface area contributed by atoms with Crippen molar-refractivity contribution in [3.8, 4) is 0 Å². The largest absolute Gasteiger partial charge is 0.326 e. The van der Waals surface area contributed by atoms with Gasteiger partial charge in [-0.05, 0) is 38.0 Å². The van der Waals surface area contributed by atoms with Crippen LogP contribution in [0.25, 0.3) is 0 Å². The molecule has 1 saturated heterocycles. The number of nitrogens with zero attached hydrogens (tertiary/aromatic N) is 1. The van der Waals surface area contributed by atoms with Gasteiger partial charge in [0.15, 0.2) is 0 Å². The summed E-state index contributed by atoms with van der Waals surface area (Å²) < 4.78 is 0. The summed E-state index contributed by atoms with van der Waals surface area (Å²) in [5.74, 6) is 1.26. The lowest BCUT2D eigenvalue weighted by molar-refractivity contribution is -0.131. The van der Waals surface area contributed by atoms with E-state index < -0.39 is 0 Å². The highest BCUT2D eigenvalue weighted by atomic mass is 16.2. The molecule has 0 spiro atoms. The smallest absolute Gasteiger partial charge is 0.241 e. The van der Waals surface area contributed by atoms with Gasteiger partial charge < -0.3 is 4.90 Å². The molecule has 17 heavy (non-hydrogen) atoms. The Morgan fingerprint density at radius 2 is 1.94 bits per heavy atom. The average Bonchev–Trinajstić information content (AvgIpc) is 2.72. The SMILES string of the molecule is CCCC1NCN(C2CCC(CC)CC2)C1=O. The van der Waals surface area contributed by atoms with Gasteiger partial charge in [0.05, 0.1) is 12.7 Å². The van der Waals surface area contributed by atoms with Gasteiger partial charge in [0.2, 0.25) is 5.91 Å². The fraction of sp³-hybridized carbons (Fsp3) is 0.929. The molecular formula is C14H26N2O. The quantitative estimate of drug-likeness (QED) is 0.816. The number of hydrogen-bond donors (Lipinski definition) is 1. The summed E-state index contributed by atoms with van der Waals surface area (Å²) in [4.78, 5) is 14.3. The van der Waals surface area contributed by atoms with E-state index in [1.807, 2.05) is 0 Å². The molecule has 0 aromatic carbocycles. The summed E-state index contributed by atoms with van der Waals surface area (Å²) in [5, 5.41) is 3.36. The van der Waals surface area contributed by atoms with Crippen molar-refractivity contribution in [2.24, 2.45) is 5.92 Å². The maximum absolute atomic E-state index is 12.2. The Bertz CT molecular complexity index is 259. The van der Waals surface area contributed by atoms with Gasteiger partial charge in [0.1, 0.15) is 0 Å². The number of carbonyl (C=O) groups is 1. The van der Waals surface area contributed by atoms with Crippen LogP contribution in [0.5, 0.6) is 0 Å². The topological polar surface area (TPSA) is 32.3 Å². The first-order valence-corrected chi connectivity index (χ1v) is 7.30. The molecule has 1 unspecified atom stereocenters. The summed E-state index contributed by atoms with van der Waals surface area (Å²) in [7, 11) is 0. The number of nitrogens with one attached hydrogen (secondary N) is 1. The van der Waals surface area contributed by atoms with E-state index in [0.29, 0.717) is 11.9 Å². The number of amides is 1. The minimum atomic E-state index is 0.101. The van der Waals surface area contributed by atoms with E-state index in [0.717, 1.165) is 25.4 Å². The highest BCUT2D eigenvalue weighted by Crippen LogP contribution is 2.30. The summed E-state index contributed by atoms with van der Waals surface area (Å²) in [5.41, 5.74) is 0. The van der Waals surface area contributed by atoms with Crippen LogP contribution in [0.4, 0.5) is 0 Å². The van der Waals surface area contributed by atoms with E-state index in [1.165, 1.54) is 32.1 Å². The fourth-order valence-electron chi connectivity index (χ4n) is 3.26. The van der Waals surface area contributed by atoms with Crippen molar-refractivity contribution in [3.05, 3.63) is 0 Å². The minimum absolute atomic E-state index is 0.101. The second-order valence-electron chi connectivity index (χ2n) is 5.59. The molecule has 1 saturated carbocycles. The van der Waals surface area contributed by atoms with Crippen molar-refractivity contribution in [1.82, 2.24) is 10.2 Å². The Labute approximate surface area is 105 Å². The number of rotatable bonds is 4. The molecule has 2 rings (SSSR count). The van der Waals surface area contributed by atoms with E-state index in [2.05, 4.69) is 24.1 Å². The average molecular weight is 238 g/mol. The van der Waals surface area contributed by atoms with Crippen LogP contribution in [0, 0.1) is 5.92 Å². The van der Waals surface area contributed by atoms with Crippen LogP contribution in [-0.4, -0.2) is 29.6 Å². The van der Waals surface area contributed by atoms with Gasteiger partial charge in [-0.25, -0.2) is 0 Å². The Hall–Kier alpha value is -0.570. The molecule has 1 aliphatic heterocycles. The molecule has 2 fully saturated rings. The Morgan fingerprint density at radius 3 is 2.53 bits per heavy atom. The van der Waals surface area contributed by atoms with Gasteiger partial charge in [-0.2, -0.15) is 0 Å². The van der Waals surface area contributed by atoms with E-state index in [9.17, 15) is 4.79 Å². The molecule has 0 aromatic heterocycles. The first-order valence-electron chi connectivity index (χ1n) is 7.30. The van der Waals surface area contributed by atoms with Gasteiger partial charge >= 0.3 is 0 Å². The Balaban J connectivity index is 1.85. The number of hydrogen-bond acceptors (Lipinski definition) is 2. The zero-order valence-corrected chi connectivity index (χ0v) is 11.2. The van der Waals surface area contributed by atoms with Gasteiger partial charge in [-0.3, -0.25) is 10.1 Å². The normalized spacial score (nSPS) is 34.4. The first-order chi connectivity index (χ1) is 8.26. The van der Waals surface area contributed by atoms with E-state index in [4.69, 9.17) is 0 Å². The Morgan fingerprint density at radius 1 is 1.24 bits per heavy atom. The molecule has 1 N–H and O–H groups in total. The molecule has 0 aromatic rings. The predicted molar refractivity (Wildman–Crippen MR) is 69.6 cm³/mol. The van der Waals surface area contributed by atoms with Gasteiger partial charge in [0, 0.05) is 6.04 Å². The zero-order chi connectivity index (χ0) is 12.3. The molecule has 0 bridgehead atoms. The van der Waals surface area contributed by atoms with Crippen molar-refractivity contribution in [1.29, 1.82) is 0 Å². The van der Waals surface area contributed by atoms with Crippen molar-refractivity contribution >= 4 is 5.91 Å². The van der Waals surface area contributed by atoms with Crippen molar-refractivity contribution in [3.63, 3.8) is 0 Å². The predicted octanol–water partition coefficient (Wildman–Crippen LogP) is 2.51. The highest BCUT2D eigenvalue weighted by Gasteiger charge is 2.36. The molecule has 0 radical (unpaired) electrons. The molecule has 3 heteroatoms. The third-order valence-corrected chi connectivity index (χ3v) is 4.50. The van der Waals surface area contributed by atoms with E-state index in [-0.39, 0.29) is 6.04 Å². The molecule has 98 valence electrons. The zero-order valence-electron chi connectivity index (χ0n) is 11.2. The number of carbonyl (C=O) groups excluding carboxylic acids is 1. The lowest BCUT2D eigenvalue weighted by atomic mass is 9.84. The van der Waals surface area contributed by atoms with Gasteiger partial charge in [-0.1, -0.05) is 26.7 Å². The lowest BCUT2D eigenvalue weighted by Crippen LogP contribution is -2.40. The molecule has 2 aliphatic rings. The fourth-order valence-corrected chi connectivity index (χ4v) is 3.26. The lowest BCUT2D eigenvalue weighted by Gasteiger charge is -2.34. The summed E-state index contributed by atoms with van der Waals surface area (Å²) in [6, 6.07) is 0.614. The summed E-state index contributed by atoms with van der Waals surface area (Å²) in [6.07, 6.45) is 8.42. The monoisotopic (exact) mass is 238 g/mol. The van der Waals surface area contributed by atoms with E-state index in [1.54, 1.807) is 0 Å². The summed E-state index contributed by atoms with van der Waals surface area (Å²) in [6.45, 7) is 5.21. The van der Waals surface area contributed by atoms with Gasteiger partial charge in [-0.15, -0.1) is 0 Å². The van der Waals surface area contributed by atoms with Crippen LogP contribution in [-0.2, 0) is 4.79 Å². The Kier molecular flexibility index (Phi) is 4.43. The molecule has 1 heterocycles. The van der Waals surface area contributed by atoms with Crippen LogP contribution in [0.1, 0.15) is 58.8 Å². The van der Waals surface area contributed by atoms with Crippen molar-refractivity contribution in [2.45, 2.75) is 70.9 Å². The summed E-state index contributed by atoms with van der Waals surface area (Å²) >= 11 is 0. The molecule has 1 amide bonds. The molecule has 3 nitrogen and oxygen atoms in total. The second-order valence-corrected chi connectivity index (χ2v) is 5.59. The molecule has 1 atom stereocenters. The third-order valence-electron chi connectivity index (χ3n) is 4.50. The van der Waals surface area contributed by atoms with Crippen LogP contribution in [0.15, 0.2) is 0 Å². The minimum Gasteiger partial charge on any atom is -0.326 e. The molecule has 1 aliphatic carbocycles. The maximum atomic E-state index is 12.2. The highest BCUT2D eigenvalue weighted by molar-refractivity contribution is 5.84. The van der Waals surface area contributed by atoms with Crippen LogP contribution >= 0.6 is 0 Å². The van der Waals surface area contributed by atoms with Crippen LogP contribution in [0.2, 0.25) is 0 Å². The standard InChI is InChI=1S/C14H26N2O/c1-3-5-13-14(17)16(10-15-13)12-8-6-11(4-2)7-9-12/h11-13,15H,3-10H2,1-2H3. The first kappa shape index (κ1) is 12.9. The second kappa shape index (κ2) is 5.85.